The summed E-state index contributed by atoms with van der Waals surface area (Å²) in [5.41, 5.74) is 2.73. The van der Waals surface area contributed by atoms with Crippen molar-refractivity contribution < 1.29 is 10.0 Å². The van der Waals surface area contributed by atoms with E-state index in [1.54, 1.807) is 0 Å². The minimum Gasteiger partial charge on any atom is -0.508 e. The van der Waals surface area contributed by atoms with Crippen molar-refractivity contribution in [2.45, 2.75) is 25.3 Å². The van der Waals surface area contributed by atoms with Gasteiger partial charge in [0.2, 0.25) is 0 Å². The van der Waals surface area contributed by atoms with E-state index in [0.717, 1.165) is 17.5 Å². The summed E-state index contributed by atoms with van der Waals surface area (Å²) in [6.45, 7) is 0.510. The summed E-state index contributed by atoms with van der Waals surface area (Å²) in [6.07, 6.45) is 2.55. The van der Waals surface area contributed by atoms with Gasteiger partial charge in [0.15, 0.2) is 0 Å². The molecule has 2 aromatic carbocycles. The Balaban J connectivity index is 1.70. The molecule has 3 rings (SSSR count). The van der Waals surface area contributed by atoms with Gasteiger partial charge in [0.1, 0.15) is 11.4 Å². The lowest BCUT2D eigenvalue weighted by molar-refractivity contribution is -0.384. The van der Waals surface area contributed by atoms with Gasteiger partial charge in [0.05, 0.1) is 11.0 Å². The highest BCUT2D eigenvalue weighted by Crippen LogP contribution is 2.39. The molecule has 5 nitrogen and oxygen atoms in total. The van der Waals surface area contributed by atoms with Crippen LogP contribution in [0.5, 0.6) is 5.75 Å². The van der Waals surface area contributed by atoms with E-state index in [1.807, 2.05) is 12.1 Å². The summed E-state index contributed by atoms with van der Waals surface area (Å²) < 4.78 is 0. The maximum Gasteiger partial charge on any atom is 0.296 e. The molecular formula is C16H16N2O3. The number of phenols is 1. The first-order chi connectivity index (χ1) is 10.1. The lowest BCUT2D eigenvalue weighted by atomic mass is 10.1. The molecule has 0 spiro atoms. The van der Waals surface area contributed by atoms with Crippen LogP contribution in [0.25, 0.3) is 0 Å². The lowest BCUT2D eigenvalue weighted by Gasteiger charge is -2.08. The molecule has 0 unspecified atom stereocenters. The minimum absolute atomic E-state index is 0.110. The van der Waals surface area contributed by atoms with Gasteiger partial charge in [-0.15, -0.1) is 0 Å². The van der Waals surface area contributed by atoms with E-state index in [4.69, 9.17) is 0 Å². The zero-order chi connectivity index (χ0) is 14.8. The number of anilines is 1. The summed E-state index contributed by atoms with van der Waals surface area (Å²) in [5.74, 6) is 0.617. The van der Waals surface area contributed by atoms with Gasteiger partial charge in [-0.25, -0.2) is 0 Å². The molecule has 1 saturated carbocycles. The number of hydrogen-bond donors (Lipinski definition) is 2. The molecule has 0 heterocycles. The number of phenolic OH excluding ortho intramolecular Hbond substituents is 1. The fourth-order valence-electron chi connectivity index (χ4n) is 2.34. The van der Waals surface area contributed by atoms with Gasteiger partial charge >= 0.3 is 0 Å². The summed E-state index contributed by atoms with van der Waals surface area (Å²) >= 11 is 0. The van der Waals surface area contributed by atoms with Crippen molar-refractivity contribution in [2.75, 3.05) is 5.32 Å². The quantitative estimate of drug-likeness (QED) is 0.497. The first kappa shape index (κ1) is 13.4. The van der Waals surface area contributed by atoms with Crippen LogP contribution < -0.4 is 5.32 Å². The Bertz CT molecular complexity index is 664. The molecule has 0 amide bonds. The third-order valence-corrected chi connectivity index (χ3v) is 3.69. The van der Waals surface area contributed by atoms with E-state index in [9.17, 15) is 15.2 Å². The van der Waals surface area contributed by atoms with Crippen LogP contribution >= 0.6 is 0 Å². The van der Waals surface area contributed by atoms with Gasteiger partial charge in [-0.2, -0.15) is 0 Å². The van der Waals surface area contributed by atoms with Crippen LogP contribution in [-0.2, 0) is 6.54 Å². The molecule has 2 aromatic rings. The van der Waals surface area contributed by atoms with Crippen LogP contribution in [0.2, 0.25) is 0 Å². The normalized spacial score (nSPS) is 13.9. The molecule has 0 saturated heterocycles. The Kier molecular flexibility index (Phi) is 3.48. The molecular weight excluding hydrogens is 268 g/mol. The molecule has 21 heavy (non-hydrogen) atoms. The van der Waals surface area contributed by atoms with E-state index in [0.29, 0.717) is 12.2 Å². The fraction of sp³-hybridized carbons (Fsp3) is 0.250. The van der Waals surface area contributed by atoms with Crippen molar-refractivity contribution in [2.24, 2.45) is 0 Å². The zero-order valence-corrected chi connectivity index (χ0v) is 11.5. The number of hydrogen-bond acceptors (Lipinski definition) is 4. The molecule has 0 atom stereocenters. The van der Waals surface area contributed by atoms with Gasteiger partial charge in [0.25, 0.3) is 5.69 Å². The SMILES string of the molecule is O=[N+]([O-])c1cc(O)ccc1NCc1ccc(C2CC2)cc1. The third-order valence-electron chi connectivity index (χ3n) is 3.69. The standard InChI is InChI=1S/C16H16N2O3/c19-14-7-8-15(16(9-14)18(20)21)17-10-11-1-3-12(4-2-11)13-5-6-13/h1-4,7-9,13,17,19H,5-6,10H2. The Morgan fingerprint density at radius 1 is 1.19 bits per heavy atom. The molecule has 0 aromatic heterocycles. The first-order valence-corrected chi connectivity index (χ1v) is 6.93. The van der Waals surface area contributed by atoms with Crippen molar-refractivity contribution in [3.05, 3.63) is 63.7 Å². The highest BCUT2D eigenvalue weighted by Gasteiger charge is 2.22. The zero-order valence-electron chi connectivity index (χ0n) is 11.5. The lowest BCUT2D eigenvalue weighted by Crippen LogP contribution is -2.02. The average molecular weight is 284 g/mol. The van der Waals surface area contributed by atoms with Crippen molar-refractivity contribution in [3.63, 3.8) is 0 Å². The highest BCUT2D eigenvalue weighted by molar-refractivity contribution is 5.63. The topological polar surface area (TPSA) is 75.4 Å². The van der Waals surface area contributed by atoms with Crippen molar-refractivity contribution in [1.82, 2.24) is 0 Å². The fourth-order valence-corrected chi connectivity index (χ4v) is 2.34. The molecule has 0 radical (unpaired) electrons. The predicted molar refractivity (Wildman–Crippen MR) is 80.5 cm³/mol. The van der Waals surface area contributed by atoms with Gasteiger partial charge in [0, 0.05) is 6.54 Å². The number of rotatable bonds is 5. The average Bonchev–Trinajstić information content (AvgIpc) is 3.31. The van der Waals surface area contributed by atoms with Crippen LogP contribution in [0, 0.1) is 10.1 Å². The van der Waals surface area contributed by atoms with Crippen LogP contribution in [0.1, 0.15) is 29.9 Å². The predicted octanol–water partition coefficient (Wildman–Crippen LogP) is 3.79. The van der Waals surface area contributed by atoms with Crippen LogP contribution in [0.3, 0.4) is 0 Å². The molecule has 1 fully saturated rings. The van der Waals surface area contributed by atoms with E-state index in [2.05, 4.69) is 17.4 Å². The van der Waals surface area contributed by atoms with Crippen molar-refractivity contribution in [1.29, 1.82) is 0 Å². The number of nitrogens with zero attached hydrogens (tertiary/aromatic N) is 1. The second-order valence-electron chi connectivity index (χ2n) is 5.33. The maximum absolute atomic E-state index is 11.0. The minimum atomic E-state index is -0.502. The number of nitro benzene ring substituents is 1. The van der Waals surface area contributed by atoms with Crippen molar-refractivity contribution >= 4 is 11.4 Å². The molecule has 5 heteroatoms. The van der Waals surface area contributed by atoms with Crippen molar-refractivity contribution in [3.8, 4) is 5.75 Å². The van der Waals surface area contributed by atoms with Gasteiger partial charge in [-0.3, -0.25) is 10.1 Å². The summed E-state index contributed by atoms with van der Waals surface area (Å²) in [5, 5.41) is 23.3. The molecule has 1 aliphatic rings. The molecule has 0 bridgehead atoms. The monoisotopic (exact) mass is 284 g/mol. The second-order valence-corrected chi connectivity index (χ2v) is 5.33. The van der Waals surface area contributed by atoms with E-state index < -0.39 is 4.92 Å². The van der Waals surface area contributed by atoms with Crippen LogP contribution in [0.15, 0.2) is 42.5 Å². The number of aromatic hydroxyl groups is 1. The third kappa shape index (κ3) is 3.13. The maximum atomic E-state index is 11.0. The van der Waals surface area contributed by atoms with Gasteiger partial charge in [-0.1, -0.05) is 24.3 Å². The van der Waals surface area contributed by atoms with E-state index >= 15 is 0 Å². The largest absolute Gasteiger partial charge is 0.508 e. The number of nitrogens with one attached hydrogen (secondary N) is 1. The van der Waals surface area contributed by atoms with E-state index in [-0.39, 0.29) is 11.4 Å². The molecule has 0 aliphatic heterocycles. The second kappa shape index (κ2) is 5.44. The smallest absolute Gasteiger partial charge is 0.296 e. The van der Waals surface area contributed by atoms with Gasteiger partial charge in [-0.05, 0) is 42.0 Å². The Labute approximate surface area is 122 Å². The summed E-state index contributed by atoms with van der Waals surface area (Å²) in [7, 11) is 0. The number of benzene rings is 2. The Hall–Kier alpha value is -2.56. The first-order valence-electron chi connectivity index (χ1n) is 6.93. The summed E-state index contributed by atoms with van der Waals surface area (Å²) in [4.78, 5) is 10.5. The van der Waals surface area contributed by atoms with Gasteiger partial charge < -0.3 is 10.4 Å². The van der Waals surface area contributed by atoms with Crippen LogP contribution in [0.4, 0.5) is 11.4 Å². The van der Waals surface area contributed by atoms with Crippen LogP contribution in [-0.4, -0.2) is 10.0 Å². The Morgan fingerprint density at radius 2 is 1.90 bits per heavy atom. The molecule has 1 aliphatic carbocycles. The Morgan fingerprint density at radius 3 is 2.52 bits per heavy atom. The van der Waals surface area contributed by atoms with E-state index in [1.165, 1.54) is 30.5 Å². The highest BCUT2D eigenvalue weighted by atomic mass is 16.6. The number of nitro groups is 1. The molecule has 108 valence electrons. The molecule has 2 N–H and O–H groups in total. The summed E-state index contributed by atoms with van der Waals surface area (Å²) in [6, 6.07) is 12.5.